The molecular formula is C11H20O5S. The van der Waals surface area contributed by atoms with Gasteiger partial charge in [0.05, 0.1) is 23.5 Å². The van der Waals surface area contributed by atoms with Crippen LogP contribution in [0.25, 0.3) is 0 Å². The van der Waals surface area contributed by atoms with Crippen molar-refractivity contribution < 1.29 is 23.1 Å². The number of hydrogen-bond donors (Lipinski definition) is 1. The van der Waals surface area contributed by atoms with Crippen LogP contribution in [0, 0.1) is 5.92 Å². The standard InChI is InChI=1S/C11H20O5S/c1-9(11(12)13)8-17(14,15)7-3-5-10-4-2-6-16-10/h9-10H,2-8H2,1H3,(H,12,13). The van der Waals surface area contributed by atoms with E-state index < -0.39 is 21.7 Å². The molecule has 100 valence electrons. The molecule has 1 rings (SSSR count). The summed E-state index contributed by atoms with van der Waals surface area (Å²) < 4.78 is 28.6. The molecule has 0 spiro atoms. The van der Waals surface area contributed by atoms with Crippen molar-refractivity contribution in [3.8, 4) is 0 Å². The molecule has 6 heteroatoms. The third-order valence-corrected chi connectivity index (χ3v) is 4.85. The second kappa shape index (κ2) is 6.35. The summed E-state index contributed by atoms with van der Waals surface area (Å²) in [7, 11) is -3.25. The summed E-state index contributed by atoms with van der Waals surface area (Å²) in [6.45, 7) is 2.19. The molecule has 0 aromatic heterocycles. The van der Waals surface area contributed by atoms with Gasteiger partial charge in [0.25, 0.3) is 0 Å². The summed E-state index contributed by atoms with van der Waals surface area (Å²) in [4.78, 5) is 10.6. The van der Waals surface area contributed by atoms with Crippen molar-refractivity contribution in [2.45, 2.75) is 38.7 Å². The van der Waals surface area contributed by atoms with Crippen molar-refractivity contribution in [3.05, 3.63) is 0 Å². The average Bonchev–Trinajstić information content (AvgIpc) is 2.69. The first-order chi connectivity index (χ1) is 7.91. The maximum atomic E-state index is 11.6. The third kappa shape index (κ3) is 5.50. The minimum atomic E-state index is -3.25. The summed E-state index contributed by atoms with van der Waals surface area (Å²) in [5.41, 5.74) is 0. The molecule has 2 unspecified atom stereocenters. The van der Waals surface area contributed by atoms with Gasteiger partial charge in [-0.05, 0) is 25.7 Å². The number of rotatable bonds is 7. The first-order valence-corrected chi connectivity index (χ1v) is 7.77. The summed E-state index contributed by atoms with van der Waals surface area (Å²) in [5, 5.41) is 8.66. The number of aliphatic carboxylic acids is 1. The Morgan fingerprint density at radius 2 is 2.24 bits per heavy atom. The fourth-order valence-corrected chi connectivity index (χ4v) is 3.62. The highest BCUT2D eigenvalue weighted by Gasteiger charge is 2.22. The van der Waals surface area contributed by atoms with Crippen LogP contribution in [0.5, 0.6) is 0 Å². The van der Waals surface area contributed by atoms with E-state index in [9.17, 15) is 13.2 Å². The Bertz CT molecular complexity index is 343. The Morgan fingerprint density at radius 1 is 1.53 bits per heavy atom. The minimum Gasteiger partial charge on any atom is -0.481 e. The first kappa shape index (κ1) is 14.4. The van der Waals surface area contributed by atoms with Crippen LogP contribution in [0.15, 0.2) is 0 Å². The Kier molecular flexibility index (Phi) is 5.39. The van der Waals surface area contributed by atoms with Gasteiger partial charge < -0.3 is 9.84 Å². The molecule has 0 aromatic rings. The number of ether oxygens (including phenoxy) is 1. The van der Waals surface area contributed by atoms with Crippen LogP contribution in [0.2, 0.25) is 0 Å². The number of carboxylic acids is 1. The Morgan fingerprint density at radius 3 is 2.76 bits per heavy atom. The molecule has 1 aliphatic heterocycles. The zero-order chi connectivity index (χ0) is 12.9. The van der Waals surface area contributed by atoms with Gasteiger partial charge in [-0.1, -0.05) is 6.92 Å². The lowest BCUT2D eigenvalue weighted by Crippen LogP contribution is -2.23. The van der Waals surface area contributed by atoms with E-state index in [1.54, 1.807) is 0 Å². The lowest BCUT2D eigenvalue weighted by Gasteiger charge is -2.10. The quantitative estimate of drug-likeness (QED) is 0.744. The van der Waals surface area contributed by atoms with Gasteiger partial charge >= 0.3 is 5.97 Å². The Labute approximate surface area is 102 Å². The monoisotopic (exact) mass is 264 g/mol. The predicted octanol–water partition coefficient (Wildman–Crippen LogP) is 1.08. The van der Waals surface area contributed by atoms with E-state index in [1.165, 1.54) is 6.92 Å². The second-order valence-electron chi connectivity index (χ2n) is 4.63. The van der Waals surface area contributed by atoms with E-state index >= 15 is 0 Å². The van der Waals surface area contributed by atoms with Crippen molar-refractivity contribution >= 4 is 15.8 Å². The molecule has 0 aliphatic carbocycles. The number of carbonyl (C=O) groups is 1. The summed E-state index contributed by atoms with van der Waals surface area (Å²) in [5.74, 6) is -2.10. The van der Waals surface area contributed by atoms with E-state index in [2.05, 4.69) is 0 Å². The van der Waals surface area contributed by atoms with E-state index in [-0.39, 0.29) is 17.6 Å². The molecule has 5 nitrogen and oxygen atoms in total. The molecular weight excluding hydrogens is 244 g/mol. The van der Waals surface area contributed by atoms with Gasteiger partial charge in [0.1, 0.15) is 0 Å². The normalized spacial score (nSPS) is 22.5. The van der Waals surface area contributed by atoms with Gasteiger partial charge in [-0.3, -0.25) is 4.79 Å². The topological polar surface area (TPSA) is 80.7 Å². The molecule has 0 saturated carbocycles. The van der Waals surface area contributed by atoms with E-state index in [0.717, 1.165) is 25.9 Å². The average molecular weight is 264 g/mol. The molecule has 1 heterocycles. The van der Waals surface area contributed by atoms with Gasteiger partial charge in [0.2, 0.25) is 0 Å². The zero-order valence-electron chi connectivity index (χ0n) is 10.1. The molecule has 1 fully saturated rings. The van der Waals surface area contributed by atoms with Crippen LogP contribution in [0.3, 0.4) is 0 Å². The lowest BCUT2D eigenvalue weighted by atomic mass is 10.1. The van der Waals surface area contributed by atoms with Gasteiger partial charge in [-0.2, -0.15) is 0 Å². The zero-order valence-corrected chi connectivity index (χ0v) is 10.9. The molecule has 0 bridgehead atoms. The highest BCUT2D eigenvalue weighted by Crippen LogP contribution is 2.17. The van der Waals surface area contributed by atoms with Crippen molar-refractivity contribution in [3.63, 3.8) is 0 Å². The van der Waals surface area contributed by atoms with E-state index in [0.29, 0.717) is 6.42 Å². The van der Waals surface area contributed by atoms with Gasteiger partial charge in [0, 0.05) is 6.61 Å². The van der Waals surface area contributed by atoms with E-state index in [4.69, 9.17) is 9.84 Å². The van der Waals surface area contributed by atoms with Crippen molar-refractivity contribution in [1.82, 2.24) is 0 Å². The van der Waals surface area contributed by atoms with E-state index in [1.807, 2.05) is 0 Å². The summed E-state index contributed by atoms with van der Waals surface area (Å²) >= 11 is 0. The number of hydrogen-bond acceptors (Lipinski definition) is 4. The number of carboxylic acid groups (broad SMARTS) is 1. The lowest BCUT2D eigenvalue weighted by molar-refractivity contribution is -0.140. The molecule has 1 N–H and O–H groups in total. The van der Waals surface area contributed by atoms with Crippen LogP contribution >= 0.6 is 0 Å². The molecule has 0 amide bonds. The first-order valence-electron chi connectivity index (χ1n) is 5.95. The Balaban J connectivity index is 2.26. The predicted molar refractivity (Wildman–Crippen MR) is 63.7 cm³/mol. The van der Waals surface area contributed by atoms with Crippen LogP contribution < -0.4 is 0 Å². The van der Waals surface area contributed by atoms with Gasteiger partial charge in [-0.25, -0.2) is 8.42 Å². The summed E-state index contributed by atoms with van der Waals surface area (Å²) in [6, 6.07) is 0. The molecule has 0 aromatic carbocycles. The fraction of sp³-hybridized carbons (Fsp3) is 0.909. The third-order valence-electron chi connectivity index (χ3n) is 2.93. The SMILES string of the molecule is CC(CS(=O)(=O)CCCC1CCCO1)C(=O)O. The van der Waals surface area contributed by atoms with Crippen LogP contribution in [-0.2, 0) is 19.4 Å². The Hall–Kier alpha value is -0.620. The maximum Gasteiger partial charge on any atom is 0.307 e. The highest BCUT2D eigenvalue weighted by molar-refractivity contribution is 7.91. The van der Waals surface area contributed by atoms with Gasteiger partial charge in [-0.15, -0.1) is 0 Å². The van der Waals surface area contributed by atoms with Crippen molar-refractivity contribution in [2.75, 3.05) is 18.1 Å². The molecule has 1 saturated heterocycles. The van der Waals surface area contributed by atoms with Crippen LogP contribution in [0.1, 0.15) is 32.6 Å². The molecule has 0 radical (unpaired) electrons. The van der Waals surface area contributed by atoms with Crippen molar-refractivity contribution in [1.29, 1.82) is 0 Å². The van der Waals surface area contributed by atoms with Crippen molar-refractivity contribution in [2.24, 2.45) is 5.92 Å². The molecule has 1 aliphatic rings. The largest absolute Gasteiger partial charge is 0.481 e. The second-order valence-corrected chi connectivity index (χ2v) is 6.86. The smallest absolute Gasteiger partial charge is 0.307 e. The highest BCUT2D eigenvalue weighted by atomic mass is 32.2. The van der Waals surface area contributed by atoms with Crippen LogP contribution in [-0.4, -0.2) is 43.7 Å². The molecule has 17 heavy (non-hydrogen) atoms. The summed E-state index contributed by atoms with van der Waals surface area (Å²) in [6.07, 6.45) is 3.56. The van der Waals surface area contributed by atoms with Gasteiger partial charge in [0.15, 0.2) is 9.84 Å². The molecule has 2 atom stereocenters. The minimum absolute atomic E-state index is 0.0600. The maximum absolute atomic E-state index is 11.6. The fourth-order valence-electron chi connectivity index (χ4n) is 1.94. The van der Waals surface area contributed by atoms with Crippen LogP contribution in [0.4, 0.5) is 0 Å². The number of sulfone groups is 1.